The van der Waals surface area contributed by atoms with Gasteiger partial charge in [0.1, 0.15) is 12.6 Å². The third-order valence-electron chi connectivity index (χ3n) is 5.34. The van der Waals surface area contributed by atoms with Crippen LogP contribution >= 0.6 is 0 Å². The molecule has 1 aromatic heterocycles. The van der Waals surface area contributed by atoms with Crippen molar-refractivity contribution in [1.29, 1.82) is 0 Å². The lowest BCUT2D eigenvalue weighted by Crippen LogP contribution is -3.09. The first-order chi connectivity index (χ1) is 10.8. The second-order valence-electron chi connectivity index (χ2n) is 6.44. The monoisotopic (exact) mass is 295 g/mol. The maximum Gasteiger partial charge on any atom is 0.134 e. The predicted octanol–water partition coefficient (Wildman–Crippen LogP) is 2.43. The average molecular weight is 295 g/mol. The lowest BCUT2D eigenvalue weighted by atomic mass is 9.81. The number of aliphatic hydroxyl groups excluding tert-OH is 1. The average Bonchev–Trinajstić information content (AvgIpc) is 2.93. The summed E-state index contributed by atoms with van der Waals surface area (Å²) in [5, 5.41) is 10.7. The van der Waals surface area contributed by atoms with E-state index in [1.54, 1.807) is 0 Å². The molecule has 0 saturated carbocycles. The van der Waals surface area contributed by atoms with E-state index >= 15 is 0 Å². The summed E-state index contributed by atoms with van der Waals surface area (Å²) in [7, 11) is 0. The zero-order valence-corrected chi connectivity index (χ0v) is 13.0. The van der Waals surface area contributed by atoms with E-state index in [1.807, 2.05) is 0 Å². The molecule has 0 spiro atoms. The number of rotatable bonds is 2. The predicted molar refractivity (Wildman–Crippen MR) is 89.5 cm³/mol. The molecule has 1 aromatic carbocycles. The Kier molecular flexibility index (Phi) is 3.40. The number of hydrogen-bond donors (Lipinski definition) is 3. The van der Waals surface area contributed by atoms with Gasteiger partial charge >= 0.3 is 0 Å². The molecule has 1 fully saturated rings. The summed E-state index contributed by atoms with van der Waals surface area (Å²) in [6.45, 7) is 3.46. The first-order valence-corrected chi connectivity index (χ1v) is 8.22. The summed E-state index contributed by atoms with van der Waals surface area (Å²) < 4.78 is 0. The fourth-order valence-corrected chi connectivity index (χ4v) is 4.19. The van der Waals surface area contributed by atoms with Crippen molar-refractivity contribution in [3.05, 3.63) is 53.4 Å². The molecule has 3 atom stereocenters. The van der Waals surface area contributed by atoms with Gasteiger partial charge in [0.05, 0.1) is 11.9 Å². The van der Waals surface area contributed by atoms with Gasteiger partial charge in [-0.25, -0.2) is 0 Å². The highest BCUT2D eigenvalue weighted by Crippen LogP contribution is 2.35. The molecule has 3 nitrogen and oxygen atoms in total. The maximum absolute atomic E-state index is 9.38. The highest BCUT2D eigenvalue weighted by atomic mass is 16.3. The van der Waals surface area contributed by atoms with Gasteiger partial charge < -0.3 is 10.1 Å². The van der Waals surface area contributed by atoms with Crippen LogP contribution in [0.2, 0.25) is 0 Å². The Balaban J connectivity index is 1.77. The van der Waals surface area contributed by atoms with Gasteiger partial charge in [-0.2, -0.15) is 0 Å². The summed E-state index contributed by atoms with van der Waals surface area (Å²) in [6, 6.07) is 9.04. The number of H-pyrrole nitrogens is 1. The van der Waals surface area contributed by atoms with Crippen molar-refractivity contribution in [3.8, 4) is 0 Å². The number of piperidine rings is 1. The van der Waals surface area contributed by atoms with Crippen LogP contribution in [-0.4, -0.2) is 23.2 Å². The molecule has 1 saturated heterocycles. The van der Waals surface area contributed by atoms with Gasteiger partial charge in [-0.05, 0) is 30.9 Å². The van der Waals surface area contributed by atoms with E-state index in [9.17, 15) is 5.11 Å². The minimum atomic E-state index is 0.277. The molecule has 2 aliphatic heterocycles. The van der Waals surface area contributed by atoms with Crippen LogP contribution in [0, 0.1) is 5.92 Å². The minimum absolute atomic E-state index is 0.277. The van der Waals surface area contributed by atoms with Crippen LogP contribution in [0.4, 0.5) is 0 Å². The molecule has 3 heterocycles. The Bertz CT molecular complexity index is 756. The zero-order valence-electron chi connectivity index (χ0n) is 13.0. The van der Waals surface area contributed by atoms with Crippen molar-refractivity contribution in [2.75, 3.05) is 13.2 Å². The summed E-state index contributed by atoms with van der Waals surface area (Å²) in [5.74, 6) is 0.509. The molecule has 0 radical (unpaired) electrons. The number of nitrogens with one attached hydrogen (secondary N) is 2. The lowest BCUT2D eigenvalue weighted by molar-refractivity contribution is -0.882. The lowest BCUT2D eigenvalue weighted by Gasteiger charge is -2.37. The van der Waals surface area contributed by atoms with E-state index in [0.29, 0.717) is 12.0 Å². The topological polar surface area (TPSA) is 40.5 Å². The molecule has 22 heavy (non-hydrogen) atoms. The van der Waals surface area contributed by atoms with Gasteiger partial charge in [-0.15, -0.1) is 0 Å². The second-order valence-corrected chi connectivity index (χ2v) is 6.44. The number of fused-ring (bicyclic) bond motifs is 5. The molecule has 3 N–H and O–H groups in total. The fraction of sp³-hybridized carbons (Fsp3) is 0.368. The Morgan fingerprint density at radius 1 is 1.36 bits per heavy atom. The van der Waals surface area contributed by atoms with Crippen LogP contribution in [0.25, 0.3) is 17.0 Å². The number of benzene rings is 1. The number of allylic oxidation sites excluding steroid dienone is 1. The van der Waals surface area contributed by atoms with Gasteiger partial charge in [-0.3, -0.25) is 4.90 Å². The summed E-state index contributed by atoms with van der Waals surface area (Å²) >= 11 is 0. The number of hydrogen-bond acceptors (Lipinski definition) is 1. The Hall–Kier alpha value is -1.84. The molecule has 3 heteroatoms. The smallest absolute Gasteiger partial charge is 0.134 e. The SMILES string of the molecule is CC=C1C[NH+]2C=Cc3c([nH]c4ccccc34)C2CC1CCO. The summed E-state index contributed by atoms with van der Waals surface area (Å²) in [5.41, 5.74) is 5.45. The van der Waals surface area contributed by atoms with Crippen LogP contribution in [0.3, 0.4) is 0 Å². The molecule has 2 aliphatic rings. The van der Waals surface area contributed by atoms with Gasteiger partial charge in [0.25, 0.3) is 0 Å². The Morgan fingerprint density at radius 2 is 2.23 bits per heavy atom. The van der Waals surface area contributed by atoms with Crippen molar-refractivity contribution >= 4 is 17.0 Å². The van der Waals surface area contributed by atoms with Crippen molar-refractivity contribution in [1.82, 2.24) is 4.98 Å². The van der Waals surface area contributed by atoms with Gasteiger partial charge in [0.2, 0.25) is 0 Å². The minimum Gasteiger partial charge on any atom is -0.396 e. The third kappa shape index (κ3) is 2.04. The molecule has 0 bridgehead atoms. The number of para-hydroxylation sites is 1. The highest BCUT2D eigenvalue weighted by Gasteiger charge is 2.38. The molecule has 0 aliphatic carbocycles. The Morgan fingerprint density at radius 3 is 3.05 bits per heavy atom. The third-order valence-corrected chi connectivity index (χ3v) is 5.34. The largest absolute Gasteiger partial charge is 0.396 e. The molecule has 4 rings (SSSR count). The van der Waals surface area contributed by atoms with E-state index < -0.39 is 0 Å². The van der Waals surface area contributed by atoms with E-state index in [0.717, 1.165) is 19.4 Å². The molecular formula is C19H23N2O+. The van der Waals surface area contributed by atoms with Crippen LogP contribution in [-0.2, 0) is 0 Å². The standard InChI is InChI=1S/C19H22N2O/c1-2-13-12-21-9-7-16-15-5-3-4-6-17(15)20-19(16)18(21)11-14(13)8-10-22/h2-7,9,14,18,20,22H,8,10-12H2,1H3/p+1. The number of aliphatic hydroxyl groups is 1. The zero-order chi connectivity index (χ0) is 15.1. The van der Waals surface area contributed by atoms with E-state index in [1.165, 1.54) is 32.6 Å². The molecule has 2 aromatic rings. The number of quaternary nitrogens is 1. The summed E-state index contributed by atoms with van der Waals surface area (Å²) in [6.07, 6.45) is 8.84. The van der Waals surface area contributed by atoms with E-state index in [-0.39, 0.29) is 6.61 Å². The van der Waals surface area contributed by atoms with Crippen LogP contribution in [0.1, 0.15) is 37.1 Å². The van der Waals surface area contributed by atoms with Crippen molar-refractivity contribution < 1.29 is 10.0 Å². The van der Waals surface area contributed by atoms with Gasteiger partial charge in [0.15, 0.2) is 0 Å². The van der Waals surface area contributed by atoms with Crippen LogP contribution in [0.5, 0.6) is 0 Å². The van der Waals surface area contributed by atoms with Crippen molar-refractivity contribution in [2.45, 2.75) is 25.8 Å². The van der Waals surface area contributed by atoms with E-state index in [4.69, 9.17) is 0 Å². The molecular weight excluding hydrogens is 272 g/mol. The maximum atomic E-state index is 9.38. The van der Waals surface area contributed by atoms with Gasteiger partial charge in [0, 0.05) is 35.6 Å². The number of aromatic amines is 1. The van der Waals surface area contributed by atoms with Gasteiger partial charge in [-0.1, -0.05) is 24.3 Å². The van der Waals surface area contributed by atoms with Crippen molar-refractivity contribution in [2.24, 2.45) is 5.92 Å². The first-order valence-electron chi connectivity index (χ1n) is 8.22. The molecule has 0 amide bonds. The first kappa shape index (κ1) is 13.8. The summed E-state index contributed by atoms with van der Waals surface area (Å²) in [4.78, 5) is 5.17. The molecule has 3 unspecified atom stereocenters. The normalized spacial score (nSPS) is 28.8. The fourth-order valence-electron chi connectivity index (χ4n) is 4.19. The Labute approximate surface area is 130 Å². The highest BCUT2D eigenvalue weighted by molar-refractivity contribution is 5.90. The van der Waals surface area contributed by atoms with E-state index in [2.05, 4.69) is 54.5 Å². The van der Waals surface area contributed by atoms with Crippen LogP contribution in [0.15, 0.2) is 42.1 Å². The number of aromatic nitrogens is 1. The molecule has 114 valence electrons. The van der Waals surface area contributed by atoms with Crippen molar-refractivity contribution in [3.63, 3.8) is 0 Å². The van der Waals surface area contributed by atoms with Crippen LogP contribution < -0.4 is 4.90 Å². The quantitative estimate of drug-likeness (QED) is 0.732. The second kappa shape index (κ2) is 5.41.